The molecule has 2 rings (SSSR count). The van der Waals surface area contributed by atoms with Crippen LogP contribution in [-0.4, -0.2) is 22.8 Å². The molecule has 1 aromatic heterocycles. The van der Waals surface area contributed by atoms with Gasteiger partial charge in [0.25, 0.3) is 5.91 Å². The van der Waals surface area contributed by atoms with Crippen molar-refractivity contribution in [3.05, 3.63) is 59.9 Å². The molecule has 0 aliphatic heterocycles. The molecule has 0 saturated heterocycles. The molecule has 2 atom stereocenters. The van der Waals surface area contributed by atoms with Gasteiger partial charge in [-0.3, -0.25) is 14.6 Å². The standard InChI is InChI=1S/C18H22N4O2.2ClH/c1-12(19)11-17(23)21-13(2)14-3-5-16(6-4-14)22-18(24)15-7-9-20-10-8-15;;/h3-10,12-13H,11,19H2,1-2H3,(H,21,23)(H,22,24);2*1H. The molecule has 0 fully saturated rings. The van der Waals surface area contributed by atoms with Crippen molar-refractivity contribution in [1.29, 1.82) is 0 Å². The number of rotatable bonds is 6. The minimum atomic E-state index is -0.191. The Kier molecular flexibility index (Phi) is 10.5. The van der Waals surface area contributed by atoms with Gasteiger partial charge in [-0.2, -0.15) is 0 Å². The summed E-state index contributed by atoms with van der Waals surface area (Å²) < 4.78 is 0. The number of nitrogens with two attached hydrogens (primary N) is 1. The van der Waals surface area contributed by atoms with Crippen molar-refractivity contribution in [2.45, 2.75) is 32.4 Å². The third-order valence-corrected chi connectivity index (χ3v) is 3.50. The fourth-order valence-electron chi connectivity index (χ4n) is 2.24. The molecule has 2 amide bonds. The summed E-state index contributed by atoms with van der Waals surface area (Å²) in [6.07, 6.45) is 3.44. The smallest absolute Gasteiger partial charge is 0.255 e. The lowest BCUT2D eigenvalue weighted by molar-refractivity contribution is -0.122. The Morgan fingerprint density at radius 2 is 1.62 bits per heavy atom. The molecule has 8 heteroatoms. The highest BCUT2D eigenvalue weighted by Crippen LogP contribution is 2.17. The van der Waals surface area contributed by atoms with Crippen LogP contribution in [0.1, 0.15) is 42.2 Å². The van der Waals surface area contributed by atoms with E-state index in [-0.39, 0.29) is 48.7 Å². The zero-order chi connectivity index (χ0) is 17.5. The second-order valence-electron chi connectivity index (χ2n) is 5.78. The number of carbonyl (C=O) groups is 2. The summed E-state index contributed by atoms with van der Waals surface area (Å²) in [7, 11) is 0. The van der Waals surface area contributed by atoms with Crippen molar-refractivity contribution in [1.82, 2.24) is 10.3 Å². The van der Waals surface area contributed by atoms with E-state index < -0.39 is 0 Å². The maximum absolute atomic E-state index is 12.1. The molecule has 26 heavy (non-hydrogen) atoms. The van der Waals surface area contributed by atoms with Crippen molar-refractivity contribution in [2.24, 2.45) is 5.73 Å². The Morgan fingerprint density at radius 3 is 2.15 bits per heavy atom. The summed E-state index contributed by atoms with van der Waals surface area (Å²) in [6.45, 7) is 3.70. The van der Waals surface area contributed by atoms with E-state index >= 15 is 0 Å². The Morgan fingerprint density at radius 1 is 1.04 bits per heavy atom. The van der Waals surface area contributed by atoms with Gasteiger partial charge in [0.15, 0.2) is 0 Å². The molecule has 2 unspecified atom stereocenters. The van der Waals surface area contributed by atoms with E-state index in [9.17, 15) is 9.59 Å². The molecule has 0 aliphatic rings. The van der Waals surface area contributed by atoms with Crippen LogP contribution in [0.15, 0.2) is 48.8 Å². The Labute approximate surface area is 165 Å². The van der Waals surface area contributed by atoms with Gasteiger partial charge in [-0.1, -0.05) is 12.1 Å². The average Bonchev–Trinajstić information content (AvgIpc) is 2.55. The molecule has 0 spiro atoms. The number of amides is 2. The third kappa shape index (κ3) is 7.39. The maximum Gasteiger partial charge on any atom is 0.255 e. The number of halogens is 2. The van der Waals surface area contributed by atoms with Crippen molar-refractivity contribution in [3.63, 3.8) is 0 Å². The summed E-state index contributed by atoms with van der Waals surface area (Å²) in [4.78, 5) is 27.7. The van der Waals surface area contributed by atoms with Gasteiger partial charge in [-0.25, -0.2) is 0 Å². The van der Waals surface area contributed by atoms with Crippen LogP contribution in [0.3, 0.4) is 0 Å². The topological polar surface area (TPSA) is 97.1 Å². The highest BCUT2D eigenvalue weighted by molar-refractivity contribution is 6.04. The molecular weight excluding hydrogens is 375 g/mol. The van der Waals surface area contributed by atoms with Crippen LogP contribution in [0.2, 0.25) is 0 Å². The largest absolute Gasteiger partial charge is 0.350 e. The number of benzene rings is 1. The SMILES string of the molecule is CC(N)CC(=O)NC(C)c1ccc(NC(=O)c2ccncc2)cc1.Cl.Cl. The molecular formula is C18H24Cl2N4O2. The first kappa shape index (κ1) is 23.9. The lowest BCUT2D eigenvalue weighted by atomic mass is 10.1. The summed E-state index contributed by atoms with van der Waals surface area (Å²) in [5.74, 6) is -0.268. The van der Waals surface area contributed by atoms with Crippen molar-refractivity contribution in [3.8, 4) is 0 Å². The fourth-order valence-corrected chi connectivity index (χ4v) is 2.24. The second kappa shape index (κ2) is 11.5. The van der Waals surface area contributed by atoms with E-state index in [1.165, 1.54) is 0 Å². The minimum absolute atomic E-state index is 0. The van der Waals surface area contributed by atoms with Crippen LogP contribution in [-0.2, 0) is 4.79 Å². The molecule has 0 saturated carbocycles. The summed E-state index contributed by atoms with van der Waals surface area (Å²) in [5.41, 5.74) is 7.81. The zero-order valence-electron chi connectivity index (χ0n) is 14.6. The predicted octanol–water partition coefficient (Wildman–Crippen LogP) is 3.09. The molecule has 1 heterocycles. The third-order valence-electron chi connectivity index (χ3n) is 3.50. The Bertz CT molecular complexity index is 694. The number of nitrogens with one attached hydrogen (secondary N) is 2. The first-order valence-corrected chi connectivity index (χ1v) is 7.82. The molecule has 4 N–H and O–H groups in total. The molecule has 6 nitrogen and oxygen atoms in total. The molecule has 0 aliphatic carbocycles. The van der Waals surface area contributed by atoms with Gasteiger partial charge in [0.05, 0.1) is 6.04 Å². The zero-order valence-corrected chi connectivity index (χ0v) is 16.3. The van der Waals surface area contributed by atoms with Gasteiger partial charge in [0.1, 0.15) is 0 Å². The lowest BCUT2D eigenvalue weighted by Crippen LogP contribution is -2.31. The number of anilines is 1. The monoisotopic (exact) mass is 398 g/mol. The van der Waals surface area contributed by atoms with Crippen LogP contribution >= 0.6 is 24.8 Å². The molecule has 1 aromatic carbocycles. The predicted molar refractivity (Wildman–Crippen MR) is 108 cm³/mol. The van der Waals surface area contributed by atoms with E-state index in [4.69, 9.17) is 5.73 Å². The Hall–Kier alpha value is -2.15. The van der Waals surface area contributed by atoms with Gasteiger partial charge in [0.2, 0.25) is 5.91 Å². The van der Waals surface area contributed by atoms with Gasteiger partial charge < -0.3 is 16.4 Å². The van der Waals surface area contributed by atoms with E-state index in [1.807, 2.05) is 31.2 Å². The quantitative estimate of drug-likeness (QED) is 0.696. The van der Waals surface area contributed by atoms with Crippen LogP contribution in [0.25, 0.3) is 0 Å². The summed E-state index contributed by atoms with van der Waals surface area (Å²) in [6, 6.07) is 10.4. The van der Waals surface area contributed by atoms with Gasteiger partial charge in [-0.05, 0) is 43.7 Å². The lowest BCUT2D eigenvalue weighted by Gasteiger charge is -2.16. The Balaban J connectivity index is 0.00000312. The van der Waals surface area contributed by atoms with Crippen LogP contribution in [0, 0.1) is 0 Å². The number of pyridine rings is 1. The van der Waals surface area contributed by atoms with E-state index in [0.717, 1.165) is 5.56 Å². The number of carbonyl (C=O) groups excluding carboxylic acids is 2. The van der Waals surface area contributed by atoms with Crippen molar-refractivity contribution < 1.29 is 9.59 Å². The summed E-state index contributed by atoms with van der Waals surface area (Å²) in [5, 5.41) is 5.72. The highest BCUT2D eigenvalue weighted by atomic mass is 35.5. The van der Waals surface area contributed by atoms with Crippen LogP contribution in [0.5, 0.6) is 0 Å². The van der Waals surface area contributed by atoms with Crippen LogP contribution < -0.4 is 16.4 Å². The van der Waals surface area contributed by atoms with Gasteiger partial charge >= 0.3 is 0 Å². The number of hydrogen-bond donors (Lipinski definition) is 3. The first-order chi connectivity index (χ1) is 11.5. The summed E-state index contributed by atoms with van der Waals surface area (Å²) >= 11 is 0. The molecule has 142 valence electrons. The number of hydrogen-bond acceptors (Lipinski definition) is 4. The van der Waals surface area contributed by atoms with Crippen LogP contribution in [0.4, 0.5) is 5.69 Å². The molecule has 0 radical (unpaired) electrons. The molecule has 0 bridgehead atoms. The maximum atomic E-state index is 12.1. The van der Waals surface area contributed by atoms with Gasteiger partial charge in [-0.15, -0.1) is 24.8 Å². The van der Waals surface area contributed by atoms with Crippen molar-refractivity contribution >= 4 is 42.3 Å². The minimum Gasteiger partial charge on any atom is -0.350 e. The van der Waals surface area contributed by atoms with Gasteiger partial charge in [0, 0.05) is 36.1 Å². The fraction of sp³-hybridized carbons (Fsp3) is 0.278. The first-order valence-electron chi connectivity index (χ1n) is 7.82. The second-order valence-corrected chi connectivity index (χ2v) is 5.78. The molecule has 2 aromatic rings. The van der Waals surface area contributed by atoms with E-state index in [2.05, 4.69) is 15.6 Å². The highest BCUT2D eigenvalue weighted by Gasteiger charge is 2.11. The van der Waals surface area contributed by atoms with E-state index in [0.29, 0.717) is 17.7 Å². The number of aromatic nitrogens is 1. The number of nitrogens with zero attached hydrogens (tertiary/aromatic N) is 1. The van der Waals surface area contributed by atoms with E-state index in [1.54, 1.807) is 31.5 Å². The van der Waals surface area contributed by atoms with Crippen molar-refractivity contribution in [2.75, 3.05) is 5.32 Å². The average molecular weight is 399 g/mol. The normalized spacial score (nSPS) is 12.0.